The summed E-state index contributed by atoms with van der Waals surface area (Å²) in [5, 5.41) is 19.3. The van der Waals surface area contributed by atoms with E-state index in [-0.39, 0.29) is 16.4 Å². The summed E-state index contributed by atoms with van der Waals surface area (Å²) < 4.78 is 0. The maximum atomic E-state index is 10.9. The zero-order chi connectivity index (χ0) is 10.9. The fourth-order valence-electron chi connectivity index (χ4n) is 0.930. The third kappa shape index (κ3) is 1.82. The zero-order valence-corrected chi connectivity index (χ0v) is 7.91. The predicted octanol–water partition coefficient (Wildman–Crippen LogP) is 2.16. The van der Waals surface area contributed by atoms with Crippen molar-refractivity contribution in [1.82, 2.24) is 0 Å². The number of halogens is 1. The normalized spacial score (nSPS) is 9.86. The Hall–Kier alpha value is -1.62. The highest BCUT2D eigenvalue weighted by atomic mass is 35.5. The van der Waals surface area contributed by atoms with Crippen LogP contribution in [-0.4, -0.2) is 15.8 Å². The molecule has 0 aliphatic rings. The van der Waals surface area contributed by atoms with Gasteiger partial charge in [-0.2, -0.15) is 0 Å². The Morgan fingerprint density at radius 2 is 2.14 bits per heavy atom. The molecule has 0 saturated carbocycles. The first-order valence-electron chi connectivity index (χ1n) is 3.61. The number of nitro benzene ring substituents is 1. The quantitative estimate of drug-likeness (QED) is 0.466. The van der Waals surface area contributed by atoms with Gasteiger partial charge in [-0.3, -0.25) is 14.9 Å². The Morgan fingerprint density at radius 1 is 1.57 bits per heavy atom. The predicted molar refractivity (Wildman–Crippen MR) is 49.8 cm³/mol. The van der Waals surface area contributed by atoms with Crippen molar-refractivity contribution in [2.75, 3.05) is 0 Å². The minimum atomic E-state index is -0.755. The van der Waals surface area contributed by atoms with Crippen LogP contribution < -0.4 is 0 Å². The Morgan fingerprint density at radius 3 is 2.57 bits per heavy atom. The van der Waals surface area contributed by atoms with Crippen molar-refractivity contribution in [2.45, 2.75) is 6.92 Å². The molecule has 74 valence electrons. The van der Waals surface area contributed by atoms with Gasteiger partial charge in [-0.05, 0) is 13.0 Å². The van der Waals surface area contributed by atoms with Crippen LogP contribution in [0.3, 0.4) is 0 Å². The van der Waals surface area contributed by atoms with Crippen molar-refractivity contribution in [3.63, 3.8) is 0 Å². The summed E-state index contributed by atoms with van der Waals surface area (Å²) in [5.74, 6) is -0.842. The Labute approximate surface area is 84.1 Å². The fourth-order valence-corrected chi connectivity index (χ4v) is 1.11. The number of phenols is 1. The van der Waals surface area contributed by atoms with Crippen LogP contribution in [0.2, 0.25) is 5.02 Å². The average molecular weight is 216 g/mol. The molecule has 1 aromatic rings. The molecule has 0 saturated heterocycles. The van der Waals surface area contributed by atoms with E-state index >= 15 is 0 Å². The van der Waals surface area contributed by atoms with Crippen LogP contribution in [0.25, 0.3) is 0 Å². The molecule has 1 rings (SSSR count). The lowest BCUT2D eigenvalue weighted by Crippen LogP contribution is -1.96. The van der Waals surface area contributed by atoms with Crippen molar-refractivity contribution in [1.29, 1.82) is 0 Å². The number of aromatic hydroxyl groups is 1. The molecule has 1 N–H and O–H groups in total. The fraction of sp³-hybridized carbons (Fsp3) is 0.125. The van der Waals surface area contributed by atoms with Crippen LogP contribution in [0.4, 0.5) is 5.69 Å². The van der Waals surface area contributed by atoms with Crippen molar-refractivity contribution in [3.05, 3.63) is 32.8 Å². The number of carbonyl (C=O) groups excluding carboxylic acids is 1. The van der Waals surface area contributed by atoms with Gasteiger partial charge in [-0.25, -0.2) is 0 Å². The van der Waals surface area contributed by atoms with Gasteiger partial charge in [0.2, 0.25) is 0 Å². The van der Waals surface area contributed by atoms with Crippen molar-refractivity contribution in [2.24, 2.45) is 0 Å². The molecule has 0 unspecified atom stereocenters. The molecule has 14 heavy (non-hydrogen) atoms. The summed E-state index contributed by atoms with van der Waals surface area (Å²) in [6.07, 6.45) is 0. The molecule has 0 bridgehead atoms. The molecule has 0 fully saturated rings. The summed E-state index contributed by atoms with van der Waals surface area (Å²) in [4.78, 5) is 20.6. The topological polar surface area (TPSA) is 80.4 Å². The van der Waals surface area contributed by atoms with Crippen molar-refractivity contribution >= 4 is 23.1 Å². The summed E-state index contributed by atoms with van der Waals surface area (Å²) in [6.45, 7) is 1.24. The lowest BCUT2D eigenvalue weighted by Gasteiger charge is -2.01. The van der Waals surface area contributed by atoms with Gasteiger partial charge in [-0.1, -0.05) is 11.6 Å². The maximum absolute atomic E-state index is 10.9. The van der Waals surface area contributed by atoms with Gasteiger partial charge in [0.1, 0.15) is 5.75 Å². The second kappa shape index (κ2) is 3.63. The lowest BCUT2D eigenvalue weighted by atomic mass is 10.1. The summed E-state index contributed by atoms with van der Waals surface area (Å²) >= 11 is 5.46. The number of hydrogen-bond donors (Lipinski definition) is 1. The molecular weight excluding hydrogens is 210 g/mol. The molecule has 0 amide bonds. The third-order valence-corrected chi connectivity index (χ3v) is 2.02. The van der Waals surface area contributed by atoms with Gasteiger partial charge in [0.15, 0.2) is 10.8 Å². The number of nitrogens with zero attached hydrogens (tertiary/aromatic N) is 1. The maximum Gasteiger partial charge on any atom is 0.292 e. The Kier molecular flexibility index (Phi) is 2.71. The number of hydrogen-bond acceptors (Lipinski definition) is 4. The van der Waals surface area contributed by atoms with Crippen molar-refractivity contribution < 1.29 is 14.8 Å². The highest BCUT2D eigenvalue weighted by Gasteiger charge is 2.18. The zero-order valence-electron chi connectivity index (χ0n) is 7.15. The average Bonchev–Trinajstić information content (AvgIpc) is 2.08. The summed E-state index contributed by atoms with van der Waals surface area (Å²) in [7, 11) is 0. The molecule has 0 radical (unpaired) electrons. The van der Waals surface area contributed by atoms with Crippen LogP contribution >= 0.6 is 11.6 Å². The minimum absolute atomic E-state index is 0.0543. The monoisotopic (exact) mass is 215 g/mol. The van der Waals surface area contributed by atoms with Gasteiger partial charge in [0.05, 0.1) is 4.92 Å². The number of nitro groups is 1. The standard InChI is InChI=1S/C8H6ClNO4/c1-4(11)5-2-6(10(13)14)8(9)7(12)3-5/h2-3,12H,1H3. The van der Waals surface area contributed by atoms with E-state index in [9.17, 15) is 20.0 Å². The van der Waals surface area contributed by atoms with E-state index in [1.165, 1.54) is 6.92 Å². The van der Waals surface area contributed by atoms with Crippen LogP contribution in [-0.2, 0) is 0 Å². The molecule has 1 aromatic carbocycles. The van der Waals surface area contributed by atoms with Gasteiger partial charge < -0.3 is 5.11 Å². The number of carbonyl (C=O) groups is 1. The number of benzene rings is 1. The van der Waals surface area contributed by atoms with Crippen LogP contribution in [0.5, 0.6) is 5.75 Å². The molecule has 0 spiro atoms. The second-order valence-electron chi connectivity index (χ2n) is 2.64. The van der Waals surface area contributed by atoms with Gasteiger partial charge in [-0.15, -0.1) is 0 Å². The highest BCUT2D eigenvalue weighted by Crippen LogP contribution is 2.34. The van der Waals surface area contributed by atoms with Gasteiger partial charge >= 0.3 is 0 Å². The molecule has 0 aliphatic carbocycles. The van der Waals surface area contributed by atoms with E-state index < -0.39 is 16.4 Å². The van der Waals surface area contributed by atoms with Crippen molar-refractivity contribution in [3.8, 4) is 5.75 Å². The van der Waals surface area contributed by atoms with E-state index in [0.29, 0.717) is 0 Å². The lowest BCUT2D eigenvalue weighted by molar-refractivity contribution is -0.384. The molecule has 0 aliphatic heterocycles. The number of Topliss-reactive ketones (excluding diaryl/α,β-unsaturated/α-hetero) is 1. The molecule has 5 nitrogen and oxygen atoms in total. The minimum Gasteiger partial charge on any atom is -0.506 e. The smallest absolute Gasteiger partial charge is 0.292 e. The van der Waals surface area contributed by atoms with E-state index in [0.717, 1.165) is 12.1 Å². The van der Waals surface area contributed by atoms with Gasteiger partial charge in [0, 0.05) is 11.6 Å². The van der Waals surface area contributed by atoms with Crippen LogP contribution in [0, 0.1) is 10.1 Å². The first-order chi connectivity index (χ1) is 6.43. The molecule has 6 heteroatoms. The SMILES string of the molecule is CC(=O)c1cc(O)c(Cl)c([N+](=O)[O-])c1. The first-order valence-corrected chi connectivity index (χ1v) is 3.99. The van der Waals surface area contributed by atoms with Gasteiger partial charge in [0.25, 0.3) is 5.69 Å². The first kappa shape index (κ1) is 10.5. The Bertz CT molecular complexity index is 416. The van der Waals surface area contributed by atoms with E-state index in [1.54, 1.807) is 0 Å². The largest absolute Gasteiger partial charge is 0.506 e. The molecule has 0 heterocycles. The molecular formula is C8H6ClNO4. The Balaban J connectivity index is 3.43. The highest BCUT2D eigenvalue weighted by molar-refractivity contribution is 6.34. The van der Waals surface area contributed by atoms with E-state index in [1.807, 2.05) is 0 Å². The molecule has 0 aromatic heterocycles. The summed E-state index contributed by atoms with van der Waals surface area (Å²) in [5.41, 5.74) is -0.421. The van der Waals surface area contributed by atoms with E-state index in [4.69, 9.17) is 11.6 Å². The summed E-state index contributed by atoms with van der Waals surface area (Å²) in [6, 6.07) is 2.13. The van der Waals surface area contributed by atoms with E-state index in [2.05, 4.69) is 0 Å². The number of ketones is 1. The molecule has 0 atom stereocenters. The van der Waals surface area contributed by atoms with Crippen LogP contribution in [0.1, 0.15) is 17.3 Å². The number of phenolic OH excluding ortho intramolecular Hbond substituents is 1. The number of rotatable bonds is 2. The second-order valence-corrected chi connectivity index (χ2v) is 3.02. The third-order valence-electron chi connectivity index (χ3n) is 1.64. The van der Waals surface area contributed by atoms with Crippen LogP contribution in [0.15, 0.2) is 12.1 Å².